The number of carbonyl (C=O) groups excluding carboxylic acids is 1. The molecule has 4 heteroatoms. The molecule has 0 aliphatic heterocycles. The molecule has 3 N–H and O–H groups in total. The highest BCUT2D eigenvalue weighted by Gasteiger charge is 2.08. The van der Waals surface area contributed by atoms with Crippen LogP contribution in [0.4, 0.5) is 5.69 Å². The lowest BCUT2D eigenvalue weighted by Gasteiger charge is -2.20. The predicted octanol–water partition coefficient (Wildman–Crippen LogP) is 1.42. The van der Waals surface area contributed by atoms with E-state index in [9.17, 15) is 4.79 Å². The van der Waals surface area contributed by atoms with Crippen LogP contribution >= 0.6 is 0 Å². The predicted molar refractivity (Wildman–Crippen MR) is 70.7 cm³/mol. The molecule has 1 aromatic carbocycles. The zero-order valence-corrected chi connectivity index (χ0v) is 10.7. The maximum atomic E-state index is 11.2. The Morgan fingerprint density at radius 1 is 1.47 bits per heavy atom. The van der Waals surface area contributed by atoms with Crippen molar-refractivity contribution in [3.63, 3.8) is 0 Å². The summed E-state index contributed by atoms with van der Waals surface area (Å²) in [6.45, 7) is 4.79. The third kappa shape index (κ3) is 4.07. The lowest BCUT2D eigenvalue weighted by Crippen LogP contribution is -2.27. The molecule has 0 bridgehead atoms. The Hall–Kier alpha value is -1.55. The molecule has 0 saturated carbocycles. The Bertz CT molecular complexity index is 379. The fourth-order valence-electron chi connectivity index (χ4n) is 1.49. The van der Waals surface area contributed by atoms with Gasteiger partial charge in [-0.2, -0.15) is 0 Å². The van der Waals surface area contributed by atoms with E-state index in [2.05, 4.69) is 5.32 Å². The SMILES string of the molecule is CC(=O)N(C)Cc1ccccc1NC(C)CN. The normalized spacial score (nSPS) is 12.0. The standard InChI is InChI=1S/C13H21N3O/c1-10(8-14)15-13-7-5-4-6-12(13)9-16(3)11(2)17/h4-7,10,15H,8-9,14H2,1-3H3. The number of rotatable bonds is 5. The molecule has 1 amide bonds. The molecular formula is C13H21N3O. The van der Waals surface area contributed by atoms with Crippen LogP contribution in [-0.4, -0.2) is 30.4 Å². The summed E-state index contributed by atoms with van der Waals surface area (Å²) in [5.74, 6) is 0.0617. The molecule has 1 aromatic rings. The Morgan fingerprint density at radius 2 is 2.12 bits per heavy atom. The number of nitrogens with two attached hydrogens (primary N) is 1. The molecule has 0 heterocycles. The molecule has 1 atom stereocenters. The topological polar surface area (TPSA) is 58.4 Å². The van der Waals surface area contributed by atoms with Gasteiger partial charge in [0.25, 0.3) is 0 Å². The minimum Gasteiger partial charge on any atom is -0.381 e. The Labute approximate surface area is 103 Å². The highest BCUT2D eigenvalue weighted by atomic mass is 16.2. The summed E-state index contributed by atoms with van der Waals surface area (Å²) in [6, 6.07) is 8.20. The van der Waals surface area contributed by atoms with Gasteiger partial charge < -0.3 is 16.0 Å². The Balaban J connectivity index is 2.80. The molecule has 4 nitrogen and oxygen atoms in total. The lowest BCUT2D eigenvalue weighted by molar-refractivity contribution is -0.128. The van der Waals surface area contributed by atoms with Crippen molar-refractivity contribution in [2.75, 3.05) is 18.9 Å². The van der Waals surface area contributed by atoms with Crippen molar-refractivity contribution in [2.24, 2.45) is 5.73 Å². The molecule has 17 heavy (non-hydrogen) atoms. The summed E-state index contributed by atoms with van der Waals surface area (Å²) in [7, 11) is 1.80. The van der Waals surface area contributed by atoms with E-state index in [0.717, 1.165) is 11.3 Å². The van der Waals surface area contributed by atoms with Crippen molar-refractivity contribution in [3.05, 3.63) is 29.8 Å². The summed E-state index contributed by atoms with van der Waals surface area (Å²) in [5.41, 5.74) is 7.74. The largest absolute Gasteiger partial charge is 0.381 e. The fourth-order valence-corrected chi connectivity index (χ4v) is 1.49. The molecule has 0 saturated heterocycles. The highest BCUT2D eigenvalue weighted by molar-refractivity contribution is 5.73. The first-order valence-corrected chi connectivity index (χ1v) is 5.80. The van der Waals surface area contributed by atoms with E-state index in [1.165, 1.54) is 0 Å². The van der Waals surface area contributed by atoms with Gasteiger partial charge in [0, 0.05) is 38.8 Å². The molecule has 0 aliphatic rings. The van der Waals surface area contributed by atoms with Crippen LogP contribution in [0.5, 0.6) is 0 Å². The summed E-state index contributed by atoms with van der Waals surface area (Å²) >= 11 is 0. The van der Waals surface area contributed by atoms with E-state index < -0.39 is 0 Å². The number of hydrogen-bond donors (Lipinski definition) is 2. The second-order valence-corrected chi connectivity index (χ2v) is 4.31. The van der Waals surface area contributed by atoms with Gasteiger partial charge in [0.1, 0.15) is 0 Å². The molecule has 94 valence electrons. The molecule has 1 unspecified atom stereocenters. The van der Waals surface area contributed by atoms with Crippen LogP contribution in [0.15, 0.2) is 24.3 Å². The third-order valence-corrected chi connectivity index (χ3v) is 2.72. The van der Waals surface area contributed by atoms with Crippen LogP contribution in [0.2, 0.25) is 0 Å². The van der Waals surface area contributed by atoms with Crippen LogP contribution < -0.4 is 11.1 Å². The maximum Gasteiger partial charge on any atom is 0.219 e. The summed E-state index contributed by atoms with van der Waals surface area (Å²) < 4.78 is 0. The van der Waals surface area contributed by atoms with Crippen molar-refractivity contribution in [2.45, 2.75) is 26.4 Å². The second kappa shape index (κ2) is 6.25. The molecular weight excluding hydrogens is 214 g/mol. The Morgan fingerprint density at radius 3 is 2.71 bits per heavy atom. The number of nitrogens with zero attached hydrogens (tertiary/aromatic N) is 1. The number of para-hydroxylation sites is 1. The zero-order chi connectivity index (χ0) is 12.8. The van der Waals surface area contributed by atoms with E-state index >= 15 is 0 Å². The molecule has 0 aliphatic carbocycles. The van der Waals surface area contributed by atoms with Gasteiger partial charge >= 0.3 is 0 Å². The van der Waals surface area contributed by atoms with Crippen molar-refractivity contribution >= 4 is 11.6 Å². The smallest absolute Gasteiger partial charge is 0.219 e. The summed E-state index contributed by atoms with van der Waals surface area (Å²) in [4.78, 5) is 12.9. The molecule has 0 fully saturated rings. The monoisotopic (exact) mass is 235 g/mol. The van der Waals surface area contributed by atoms with Gasteiger partial charge in [0.05, 0.1) is 0 Å². The molecule has 0 spiro atoms. The van der Waals surface area contributed by atoms with E-state index in [4.69, 9.17) is 5.73 Å². The van der Waals surface area contributed by atoms with Crippen LogP contribution in [0.1, 0.15) is 19.4 Å². The van der Waals surface area contributed by atoms with Crippen molar-refractivity contribution < 1.29 is 4.79 Å². The van der Waals surface area contributed by atoms with Crippen LogP contribution in [0.3, 0.4) is 0 Å². The Kier molecular flexibility index (Phi) is 4.97. The first-order chi connectivity index (χ1) is 8.04. The average Bonchev–Trinajstić information content (AvgIpc) is 2.31. The summed E-state index contributed by atoms with van der Waals surface area (Å²) in [6.07, 6.45) is 0. The molecule has 0 radical (unpaired) electrons. The molecule has 1 rings (SSSR count). The van der Waals surface area contributed by atoms with E-state index in [1.54, 1.807) is 18.9 Å². The number of amides is 1. The first kappa shape index (κ1) is 13.5. The molecule has 0 aromatic heterocycles. The highest BCUT2D eigenvalue weighted by Crippen LogP contribution is 2.17. The van der Waals surface area contributed by atoms with E-state index in [0.29, 0.717) is 13.1 Å². The fraction of sp³-hybridized carbons (Fsp3) is 0.462. The minimum absolute atomic E-state index is 0.0617. The van der Waals surface area contributed by atoms with E-state index in [1.807, 2.05) is 31.2 Å². The number of carbonyl (C=O) groups is 1. The summed E-state index contributed by atoms with van der Waals surface area (Å²) in [5, 5.41) is 3.34. The van der Waals surface area contributed by atoms with Crippen molar-refractivity contribution in [3.8, 4) is 0 Å². The van der Waals surface area contributed by atoms with Gasteiger partial charge in [-0.3, -0.25) is 4.79 Å². The van der Waals surface area contributed by atoms with Crippen LogP contribution in [-0.2, 0) is 11.3 Å². The number of nitrogens with one attached hydrogen (secondary N) is 1. The quantitative estimate of drug-likeness (QED) is 0.811. The van der Waals surface area contributed by atoms with Crippen molar-refractivity contribution in [1.29, 1.82) is 0 Å². The first-order valence-electron chi connectivity index (χ1n) is 5.80. The van der Waals surface area contributed by atoms with E-state index in [-0.39, 0.29) is 11.9 Å². The zero-order valence-electron chi connectivity index (χ0n) is 10.7. The minimum atomic E-state index is 0.0617. The van der Waals surface area contributed by atoms with Gasteiger partial charge in [-0.1, -0.05) is 18.2 Å². The van der Waals surface area contributed by atoms with Crippen LogP contribution in [0, 0.1) is 0 Å². The lowest BCUT2D eigenvalue weighted by atomic mass is 10.1. The van der Waals surface area contributed by atoms with Gasteiger partial charge in [-0.05, 0) is 18.6 Å². The third-order valence-electron chi connectivity index (χ3n) is 2.72. The van der Waals surface area contributed by atoms with Gasteiger partial charge in [-0.25, -0.2) is 0 Å². The van der Waals surface area contributed by atoms with Gasteiger partial charge in [-0.15, -0.1) is 0 Å². The van der Waals surface area contributed by atoms with Crippen LogP contribution in [0.25, 0.3) is 0 Å². The van der Waals surface area contributed by atoms with Gasteiger partial charge in [0.2, 0.25) is 5.91 Å². The average molecular weight is 235 g/mol. The van der Waals surface area contributed by atoms with Gasteiger partial charge in [0.15, 0.2) is 0 Å². The second-order valence-electron chi connectivity index (χ2n) is 4.31. The number of benzene rings is 1. The van der Waals surface area contributed by atoms with Crippen molar-refractivity contribution in [1.82, 2.24) is 4.90 Å². The number of hydrogen-bond acceptors (Lipinski definition) is 3. The number of anilines is 1. The maximum absolute atomic E-state index is 11.2.